The van der Waals surface area contributed by atoms with Gasteiger partial charge in [0.2, 0.25) is 0 Å². The van der Waals surface area contributed by atoms with Gasteiger partial charge in [-0.2, -0.15) is 0 Å². The van der Waals surface area contributed by atoms with Gasteiger partial charge in [0.1, 0.15) is 0 Å². The van der Waals surface area contributed by atoms with Crippen LogP contribution < -0.4 is 0 Å². The van der Waals surface area contributed by atoms with Crippen LogP contribution >= 0.6 is 0 Å². The summed E-state index contributed by atoms with van der Waals surface area (Å²) < 4.78 is 0. The average molecular weight is 471 g/mol. The monoisotopic (exact) mass is 470 g/mol. The van der Waals surface area contributed by atoms with Crippen LogP contribution in [0.3, 0.4) is 0 Å². The molecule has 34 heavy (non-hydrogen) atoms. The molecule has 0 heteroatoms. The van der Waals surface area contributed by atoms with E-state index in [9.17, 15) is 0 Å². The van der Waals surface area contributed by atoms with Crippen molar-refractivity contribution in [2.45, 2.75) is 163 Å². The predicted molar refractivity (Wildman–Crippen MR) is 154 cm³/mol. The Hall–Kier alpha value is -0.520. The van der Waals surface area contributed by atoms with Crippen LogP contribution in [0.4, 0.5) is 0 Å². The lowest BCUT2D eigenvalue weighted by Gasteiger charge is -2.42. The molecule has 2 aliphatic rings. The Morgan fingerprint density at radius 2 is 1.06 bits per heavy atom. The molecule has 0 nitrogen and oxygen atoms in total. The summed E-state index contributed by atoms with van der Waals surface area (Å²) in [6.07, 6.45) is 38.3. The van der Waals surface area contributed by atoms with E-state index < -0.39 is 0 Å². The van der Waals surface area contributed by atoms with E-state index in [1.54, 1.807) is 0 Å². The highest BCUT2D eigenvalue weighted by atomic mass is 14.4. The van der Waals surface area contributed by atoms with Crippen LogP contribution in [0.15, 0.2) is 23.8 Å². The summed E-state index contributed by atoms with van der Waals surface area (Å²) in [4.78, 5) is 0. The van der Waals surface area contributed by atoms with Crippen LogP contribution in [0.25, 0.3) is 0 Å². The van der Waals surface area contributed by atoms with Crippen molar-refractivity contribution in [2.75, 3.05) is 0 Å². The summed E-state index contributed by atoms with van der Waals surface area (Å²) in [5.74, 6) is 4.26. The Bertz CT molecular complexity index is 540. The SMILES string of the molecule is CCCCCCCC1C=CC2CC(CCCC)C(CCCCCC)C=C2C1CCCCCCC. The Labute approximate surface area is 215 Å². The van der Waals surface area contributed by atoms with Crippen molar-refractivity contribution in [1.29, 1.82) is 0 Å². The minimum Gasteiger partial charge on any atom is -0.0842 e. The molecule has 0 radical (unpaired) electrons. The molecule has 2 rings (SSSR count). The highest BCUT2D eigenvalue weighted by Crippen LogP contribution is 2.48. The number of rotatable bonds is 20. The second kappa shape index (κ2) is 18.7. The fourth-order valence-electron chi connectivity index (χ4n) is 6.94. The van der Waals surface area contributed by atoms with Gasteiger partial charge >= 0.3 is 0 Å². The van der Waals surface area contributed by atoms with Gasteiger partial charge in [-0.15, -0.1) is 0 Å². The molecule has 0 heterocycles. The molecule has 0 aromatic carbocycles. The van der Waals surface area contributed by atoms with Gasteiger partial charge in [-0.05, 0) is 61.7 Å². The minimum atomic E-state index is 0.769. The van der Waals surface area contributed by atoms with Crippen molar-refractivity contribution >= 4 is 0 Å². The van der Waals surface area contributed by atoms with Crippen molar-refractivity contribution in [3.05, 3.63) is 23.8 Å². The van der Waals surface area contributed by atoms with Crippen LogP contribution in [0, 0.1) is 29.6 Å². The van der Waals surface area contributed by atoms with Gasteiger partial charge in [-0.3, -0.25) is 0 Å². The topological polar surface area (TPSA) is 0 Å². The average Bonchev–Trinajstić information content (AvgIpc) is 2.85. The zero-order valence-electron chi connectivity index (χ0n) is 24.0. The molecule has 0 saturated heterocycles. The van der Waals surface area contributed by atoms with Crippen molar-refractivity contribution in [1.82, 2.24) is 0 Å². The van der Waals surface area contributed by atoms with Gasteiger partial charge < -0.3 is 0 Å². The maximum Gasteiger partial charge on any atom is -0.00172 e. The van der Waals surface area contributed by atoms with Crippen molar-refractivity contribution in [3.63, 3.8) is 0 Å². The molecular weight excluding hydrogens is 408 g/mol. The number of unbranched alkanes of at least 4 members (excludes halogenated alkanes) is 12. The van der Waals surface area contributed by atoms with Crippen molar-refractivity contribution < 1.29 is 0 Å². The van der Waals surface area contributed by atoms with E-state index in [1.807, 2.05) is 5.57 Å². The lowest BCUT2D eigenvalue weighted by molar-refractivity contribution is 0.242. The number of fused-ring (bicyclic) bond motifs is 1. The molecule has 0 amide bonds. The van der Waals surface area contributed by atoms with E-state index in [0.29, 0.717) is 0 Å². The molecule has 0 bridgehead atoms. The largest absolute Gasteiger partial charge is 0.0842 e. The van der Waals surface area contributed by atoms with Crippen LogP contribution in [-0.2, 0) is 0 Å². The number of hydrogen-bond donors (Lipinski definition) is 0. The van der Waals surface area contributed by atoms with E-state index in [-0.39, 0.29) is 0 Å². The summed E-state index contributed by atoms with van der Waals surface area (Å²) in [7, 11) is 0. The molecule has 198 valence electrons. The zero-order chi connectivity index (χ0) is 24.4. The first-order valence-electron chi connectivity index (χ1n) is 16.1. The van der Waals surface area contributed by atoms with E-state index in [2.05, 4.69) is 45.9 Å². The first kappa shape index (κ1) is 29.7. The molecule has 0 spiro atoms. The lowest BCUT2D eigenvalue weighted by Crippen LogP contribution is -2.31. The minimum absolute atomic E-state index is 0.769. The lowest BCUT2D eigenvalue weighted by atomic mass is 9.63. The van der Waals surface area contributed by atoms with Gasteiger partial charge in [-0.1, -0.05) is 154 Å². The highest BCUT2D eigenvalue weighted by Gasteiger charge is 2.36. The highest BCUT2D eigenvalue weighted by molar-refractivity contribution is 5.27. The summed E-state index contributed by atoms with van der Waals surface area (Å²) in [5, 5.41) is 0. The van der Waals surface area contributed by atoms with Gasteiger partial charge in [0.05, 0.1) is 0 Å². The van der Waals surface area contributed by atoms with Crippen molar-refractivity contribution in [3.8, 4) is 0 Å². The van der Waals surface area contributed by atoms with Gasteiger partial charge in [-0.25, -0.2) is 0 Å². The van der Waals surface area contributed by atoms with E-state index in [0.717, 1.165) is 29.6 Å². The summed E-state index contributed by atoms with van der Waals surface area (Å²) in [6.45, 7) is 9.40. The molecular formula is C34H62. The third-order valence-corrected chi connectivity index (χ3v) is 9.11. The molecule has 2 aliphatic carbocycles. The third-order valence-electron chi connectivity index (χ3n) is 9.11. The number of allylic oxidation sites excluding steroid dienone is 4. The maximum atomic E-state index is 2.89. The third kappa shape index (κ3) is 10.6. The Morgan fingerprint density at radius 1 is 0.529 bits per heavy atom. The first-order valence-corrected chi connectivity index (χ1v) is 16.1. The van der Waals surface area contributed by atoms with Crippen LogP contribution in [0.5, 0.6) is 0 Å². The standard InChI is InChI=1S/C34H62/c1-5-9-13-16-19-22-29-25-26-32-27-30(21-12-8-4)31(23-18-15-11-7-3)28-34(32)33(29)24-20-17-14-10-6-2/h25-26,28-33H,5-24,27H2,1-4H3. The maximum absolute atomic E-state index is 2.89. The Morgan fingerprint density at radius 3 is 1.68 bits per heavy atom. The number of hydrogen-bond acceptors (Lipinski definition) is 0. The van der Waals surface area contributed by atoms with E-state index >= 15 is 0 Å². The second-order valence-corrected chi connectivity index (χ2v) is 12.0. The molecule has 5 atom stereocenters. The molecule has 0 aromatic heterocycles. The molecule has 0 N–H and O–H groups in total. The predicted octanol–water partition coefficient (Wildman–Crippen LogP) is 11.8. The summed E-state index contributed by atoms with van der Waals surface area (Å²) in [6, 6.07) is 0. The fourth-order valence-corrected chi connectivity index (χ4v) is 6.94. The van der Waals surface area contributed by atoms with Gasteiger partial charge in [0, 0.05) is 0 Å². The van der Waals surface area contributed by atoms with E-state index in [4.69, 9.17) is 0 Å². The van der Waals surface area contributed by atoms with E-state index in [1.165, 1.54) is 135 Å². The van der Waals surface area contributed by atoms with Crippen molar-refractivity contribution in [2.24, 2.45) is 29.6 Å². The second-order valence-electron chi connectivity index (χ2n) is 12.0. The van der Waals surface area contributed by atoms with Crippen LogP contribution in [0.2, 0.25) is 0 Å². The molecule has 5 unspecified atom stereocenters. The molecule has 0 fully saturated rings. The first-order chi connectivity index (χ1) is 16.7. The quantitative estimate of drug-likeness (QED) is 0.122. The Balaban J connectivity index is 2.10. The van der Waals surface area contributed by atoms with Crippen LogP contribution in [0.1, 0.15) is 163 Å². The normalized spacial score (nSPS) is 26.5. The molecule has 0 aliphatic heterocycles. The fraction of sp³-hybridized carbons (Fsp3) is 0.882. The van der Waals surface area contributed by atoms with Gasteiger partial charge in [0.15, 0.2) is 0 Å². The zero-order valence-corrected chi connectivity index (χ0v) is 24.0. The smallest absolute Gasteiger partial charge is 0.00172 e. The summed E-state index contributed by atoms with van der Waals surface area (Å²) >= 11 is 0. The Kier molecular flexibility index (Phi) is 16.3. The van der Waals surface area contributed by atoms with Crippen LogP contribution in [-0.4, -0.2) is 0 Å². The molecule has 0 aromatic rings. The summed E-state index contributed by atoms with van der Waals surface area (Å²) in [5.41, 5.74) is 1.91. The molecule has 0 saturated carbocycles. The van der Waals surface area contributed by atoms with Gasteiger partial charge in [0.25, 0.3) is 0 Å².